The fourth-order valence-electron chi connectivity index (χ4n) is 16.8. The molecule has 18 rings (SSSR count). The number of hydrogen-bond donors (Lipinski definition) is 2. The number of nitrogen functional groups attached to an aromatic ring is 1. The van der Waals surface area contributed by atoms with Crippen molar-refractivity contribution in [3.63, 3.8) is 0 Å². The average Bonchev–Trinajstić information content (AvgIpc) is 1.62. The van der Waals surface area contributed by atoms with Crippen molar-refractivity contribution >= 4 is 46.7 Å². The van der Waals surface area contributed by atoms with E-state index in [0.717, 1.165) is 129 Å². The first-order chi connectivity index (χ1) is 56.3. The minimum absolute atomic E-state index is 0.00588. The summed E-state index contributed by atoms with van der Waals surface area (Å²) in [6.45, 7) is 18.4. The molecule has 3 saturated carbocycles. The molecule has 6 aromatic heterocycles. The van der Waals surface area contributed by atoms with E-state index in [4.69, 9.17) is 51.0 Å². The zero-order chi connectivity index (χ0) is 81.8. The van der Waals surface area contributed by atoms with Crippen LogP contribution in [0.2, 0.25) is 5.28 Å². The number of benzene rings is 3. The molecule has 616 valence electrons. The summed E-state index contributed by atoms with van der Waals surface area (Å²) in [6.07, 6.45) is 19.0. The fraction of sp³-hybridized carbons (Fsp3) is 0.460. The van der Waals surface area contributed by atoms with E-state index in [-0.39, 0.29) is 51.8 Å². The average molecular weight is 1630 g/mol. The molecule has 0 atom stereocenters. The van der Waals surface area contributed by atoms with Gasteiger partial charge in [0.15, 0.2) is 52.2 Å². The first-order valence-electron chi connectivity index (χ1n) is 40.6. The molecule has 9 aromatic rings. The molecular weight excluding hydrogens is 1530 g/mol. The second-order valence-electron chi connectivity index (χ2n) is 32.9. The van der Waals surface area contributed by atoms with Gasteiger partial charge in [-0.05, 0) is 163 Å². The Morgan fingerprint density at radius 1 is 0.470 bits per heavy atom. The molecule has 0 radical (unpaired) electrons. The first-order valence-corrected chi connectivity index (χ1v) is 40.9. The highest BCUT2D eigenvalue weighted by molar-refractivity contribution is 6.28. The van der Waals surface area contributed by atoms with Gasteiger partial charge >= 0.3 is 12.2 Å². The zero-order valence-corrected chi connectivity index (χ0v) is 67.5. The van der Waals surface area contributed by atoms with Crippen molar-refractivity contribution in [1.82, 2.24) is 60.0 Å². The van der Waals surface area contributed by atoms with Gasteiger partial charge in [0, 0.05) is 109 Å². The van der Waals surface area contributed by atoms with Gasteiger partial charge < -0.3 is 59.2 Å². The number of nitrogens with one attached hydrogen (secondary N) is 1. The summed E-state index contributed by atoms with van der Waals surface area (Å²) in [4.78, 5) is 73.2. The summed E-state index contributed by atoms with van der Waals surface area (Å²) in [5.41, 5.74) is 15.7. The van der Waals surface area contributed by atoms with Crippen molar-refractivity contribution in [2.24, 2.45) is 0 Å². The summed E-state index contributed by atoms with van der Waals surface area (Å²) in [5.74, 6) is -1.25. The molecule has 3 fully saturated rings. The van der Waals surface area contributed by atoms with Crippen LogP contribution in [0.5, 0.6) is 17.2 Å². The van der Waals surface area contributed by atoms with Crippen LogP contribution < -0.4 is 40.0 Å². The molecule has 6 aliphatic heterocycles. The molecule has 30 heteroatoms. The maximum atomic E-state index is 15.2. The van der Waals surface area contributed by atoms with Gasteiger partial charge in [0.05, 0.1) is 81.2 Å². The molecule has 3 aromatic carbocycles. The minimum Gasteiger partial charge on any atom is -0.486 e. The summed E-state index contributed by atoms with van der Waals surface area (Å²) >= 11 is 5.76. The zero-order valence-electron chi connectivity index (χ0n) is 66.7. The number of aromatic nitrogens is 9. The first kappa shape index (κ1) is 81.5. The van der Waals surface area contributed by atoms with E-state index in [1.165, 1.54) is 55.6 Å². The SMILES string of the molecule is CC(C)(C)OC(=O)N1CCc2nc(Cc3ncc(F)c(-c4cc(F)c5c(c4)N(C4CCCC4)CCO5)n3)ccc2C1.CC(C)(C)OC(=O)N1CCc2nc(N)ccc2C1.Fc1cnc(Cc2ccc3c(n2)CCNC3)nc1-c1cc(F)c2c(c1)N(C1CCCC1)CCO2.Fc1cnc(Cl)nc1-c1cc(F)c2c(c1)N(C1CCCC1)CCO2. The van der Waals surface area contributed by atoms with Gasteiger partial charge in [-0.15, -0.1) is 0 Å². The number of amides is 2. The monoisotopic (exact) mass is 1630 g/mol. The number of hydrogen-bond acceptors (Lipinski definition) is 21. The quantitative estimate of drug-likeness (QED) is 0.0953. The molecule has 9 aliphatic rings. The van der Waals surface area contributed by atoms with Crippen molar-refractivity contribution in [1.29, 1.82) is 0 Å². The maximum absolute atomic E-state index is 15.2. The second kappa shape index (κ2) is 35.2. The maximum Gasteiger partial charge on any atom is 0.410 e. The van der Waals surface area contributed by atoms with Crippen molar-refractivity contribution < 1.29 is 59.6 Å². The lowest BCUT2D eigenvalue weighted by molar-refractivity contribution is 0.0212. The number of carbonyl (C=O) groups is 2. The largest absolute Gasteiger partial charge is 0.486 e. The third-order valence-electron chi connectivity index (χ3n) is 22.3. The number of nitrogens with two attached hydrogens (primary N) is 1. The van der Waals surface area contributed by atoms with E-state index in [1.807, 2.05) is 71.9 Å². The number of carbonyl (C=O) groups excluding carboxylic acids is 2. The van der Waals surface area contributed by atoms with Gasteiger partial charge in [-0.3, -0.25) is 9.97 Å². The van der Waals surface area contributed by atoms with Crippen molar-refractivity contribution in [2.75, 3.05) is 79.5 Å². The van der Waals surface area contributed by atoms with Crippen LogP contribution in [0.1, 0.15) is 175 Å². The molecule has 0 saturated heterocycles. The number of halogens is 7. The van der Waals surface area contributed by atoms with Crippen LogP contribution in [0.3, 0.4) is 0 Å². The third kappa shape index (κ3) is 19.3. The molecule has 3 aliphatic carbocycles. The Morgan fingerprint density at radius 2 is 0.846 bits per heavy atom. The fourth-order valence-corrected chi connectivity index (χ4v) is 16.9. The highest BCUT2D eigenvalue weighted by Crippen LogP contribution is 2.46. The Morgan fingerprint density at radius 3 is 1.26 bits per heavy atom. The van der Waals surface area contributed by atoms with E-state index in [0.29, 0.717) is 154 Å². The molecule has 0 unspecified atom stereocenters. The number of ether oxygens (including phenoxy) is 5. The number of rotatable bonds is 10. The smallest absolute Gasteiger partial charge is 0.410 e. The van der Waals surface area contributed by atoms with Gasteiger partial charge in [0.25, 0.3) is 0 Å². The molecule has 0 bridgehead atoms. The summed E-state index contributed by atoms with van der Waals surface area (Å²) in [6, 6.07) is 21.8. The Kier molecular flexibility index (Phi) is 24.5. The Labute approximate surface area is 681 Å². The van der Waals surface area contributed by atoms with Crippen LogP contribution in [0.25, 0.3) is 33.8 Å². The highest BCUT2D eigenvalue weighted by atomic mass is 35.5. The van der Waals surface area contributed by atoms with Crippen LogP contribution in [-0.2, 0) is 61.2 Å². The van der Waals surface area contributed by atoms with Gasteiger partial charge in [-0.1, -0.05) is 56.7 Å². The van der Waals surface area contributed by atoms with Gasteiger partial charge in [-0.2, -0.15) is 0 Å². The van der Waals surface area contributed by atoms with E-state index in [2.05, 4.69) is 61.0 Å². The Balaban J connectivity index is 0.000000128. The van der Waals surface area contributed by atoms with Gasteiger partial charge in [-0.25, -0.2) is 70.8 Å². The van der Waals surface area contributed by atoms with E-state index < -0.39 is 46.1 Å². The minimum atomic E-state index is -0.636. The van der Waals surface area contributed by atoms with Crippen molar-refractivity contribution in [3.8, 4) is 51.0 Å². The predicted octanol–water partition coefficient (Wildman–Crippen LogP) is 16.2. The lowest BCUT2D eigenvalue weighted by atomic mass is 10.0. The summed E-state index contributed by atoms with van der Waals surface area (Å²) < 4.78 is 117. The highest BCUT2D eigenvalue weighted by Gasteiger charge is 2.36. The third-order valence-corrected chi connectivity index (χ3v) is 22.5. The Hall–Kier alpha value is -10.7. The number of nitrogens with zero attached hydrogens (tertiary/aromatic N) is 14. The van der Waals surface area contributed by atoms with E-state index >= 15 is 13.2 Å². The second-order valence-corrected chi connectivity index (χ2v) is 33.2. The summed E-state index contributed by atoms with van der Waals surface area (Å²) in [5, 5.41) is 3.26. The summed E-state index contributed by atoms with van der Waals surface area (Å²) in [7, 11) is 0. The topological polar surface area (TPSA) is 251 Å². The van der Waals surface area contributed by atoms with Gasteiger partial charge in [0.2, 0.25) is 5.28 Å². The Bertz CT molecular complexity index is 5160. The number of pyridine rings is 3. The van der Waals surface area contributed by atoms with Gasteiger partial charge in [0.1, 0.15) is 65.6 Å². The van der Waals surface area contributed by atoms with Crippen molar-refractivity contribution in [3.05, 3.63) is 188 Å². The molecule has 3 N–H and O–H groups in total. The van der Waals surface area contributed by atoms with Crippen LogP contribution in [-0.4, -0.2) is 155 Å². The van der Waals surface area contributed by atoms with Crippen LogP contribution in [0, 0.1) is 34.9 Å². The lowest BCUT2D eigenvalue weighted by Gasteiger charge is -2.36. The van der Waals surface area contributed by atoms with Crippen molar-refractivity contribution in [2.45, 2.75) is 200 Å². The standard InChI is InChI=1S/C31H35F2N5O3.C26H27F2N5O.C17H16ClF2N3O.C13H19N3O2/c1-31(2,3)41-30(39)37-11-10-25-19(18-37)8-9-21(35-25)16-27-34-17-24(33)28(36-27)20-14-23(32)29-26(15-20)38(12-13-40-29)22-6-4-5-7-22;27-20-11-17(12-23-26(20)34-10-9-33(23)19-3-1-2-4-19)25-21(28)15-30-24(32-25)13-18-6-5-16-14-29-8-7-22(16)31-18;18-17-21-9-13(20)15(22-17)10-7-12(19)16-14(8-10)23(5-6-24-16)11-3-1-2-4-11;1-13(2,3)18-12(17)16-7-6-10-9(8-16)4-5-11(14)15-10/h8-9,14-15,17,22H,4-7,10-13,16,18H2,1-3H3;5-6,11-12,15,19,29H,1-4,7-10,13-14H2;7-9,11H,1-6H2;4-5H,6-8H2,1-3H3,(H2,14,15). The molecule has 23 nitrogen and oxygen atoms in total. The van der Waals surface area contributed by atoms with E-state index in [9.17, 15) is 22.8 Å². The number of anilines is 4. The molecule has 117 heavy (non-hydrogen) atoms. The molecule has 2 amide bonds. The van der Waals surface area contributed by atoms with E-state index in [1.54, 1.807) is 28.0 Å². The number of fused-ring (bicyclic) bond motifs is 6. The van der Waals surface area contributed by atoms with Crippen LogP contribution in [0.4, 0.5) is 58.8 Å². The molecule has 12 heterocycles. The lowest BCUT2D eigenvalue weighted by Crippen LogP contribution is -2.40. The normalized spacial score (nSPS) is 17.2. The predicted molar refractivity (Wildman–Crippen MR) is 431 cm³/mol. The molecular formula is C87H97ClF6N16O7. The molecule has 0 spiro atoms. The van der Waals surface area contributed by atoms with Crippen LogP contribution >= 0.6 is 11.6 Å². The van der Waals surface area contributed by atoms with Crippen LogP contribution in [0.15, 0.2) is 91.4 Å².